The molecular weight excluding hydrogens is 258 g/mol. The van der Waals surface area contributed by atoms with Crippen LogP contribution in [0, 0.1) is 6.92 Å². The maximum atomic E-state index is 11.9. The highest BCUT2D eigenvalue weighted by Gasteiger charge is 2.28. The Labute approximate surface area is 107 Å². The fraction of sp³-hybridized carbons (Fsp3) is 0.500. The van der Waals surface area contributed by atoms with E-state index in [0.717, 1.165) is 11.1 Å². The number of halogens is 1. The van der Waals surface area contributed by atoms with Crippen LogP contribution in [0.15, 0.2) is 18.2 Å². The molecular formula is C12H16ClNO2S. The molecule has 2 rings (SSSR count). The summed E-state index contributed by atoms with van der Waals surface area (Å²) < 4.78 is 23.8. The fourth-order valence-electron chi connectivity index (χ4n) is 2.08. The van der Waals surface area contributed by atoms with E-state index in [1.165, 1.54) is 0 Å². The molecule has 0 saturated carbocycles. The average molecular weight is 274 g/mol. The molecule has 1 unspecified atom stereocenters. The van der Waals surface area contributed by atoms with Gasteiger partial charge in [0.05, 0.1) is 11.0 Å². The minimum Gasteiger partial charge on any atom is -0.314 e. The van der Waals surface area contributed by atoms with Crippen LogP contribution in [-0.4, -0.2) is 32.5 Å². The standard InChI is InChI=1S/C12H16ClNO2S/c1-9-2-3-11(13)6-10(9)7-12-8-14-4-5-17(12,15)16/h2-3,6,12,14H,4-5,7-8H2,1H3. The van der Waals surface area contributed by atoms with Crippen LogP contribution in [0.25, 0.3) is 0 Å². The first-order chi connectivity index (χ1) is 7.99. The van der Waals surface area contributed by atoms with Gasteiger partial charge in [-0.05, 0) is 36.6 Å². The van der Waals surface area contributed by atoms with Crippen molar-refractivity contribution in [2.24, 2.45) is 0 Å². The van der Waals surface area contributed by atoms with Crippen molar-refractivity contribution in [3.8, 4) is 0 Å². The van der Waals surface area contributed by atoms with Crippen molar-refractivity contribution < 1.29 is 8.42 Å². The summed E-state index contributed by atoms with van der Waals surface area (Å²) >= 11 is 5.94. The SMILES string of the molecule is Cc1ccc(Cl)cc1CC1CNCCS1(=O)=O. The van der Waals surface area contributed by atoms with Gasteiger partial charge in [0.2, 0.25) is 0 Å². The molecule has 1 fully saturated rings. The second-order valence-electron chi connectivity index (χ2n) is 4.47. The highest BCUT2D eigenvalue weighted by molar-refractivity contribution is 7.92. The summed E-state index contributed by atoms with van der Waals surface area (Å²) in [4.78, 5) is 0. The maximum Gasteiger partial charge on any atom is 0.155 e. The zero-order valence-corrected chi connectivity index (χ0v) is 11.3. The molecule has 1 aliphatic rings. The molecule has 1 heterocycles. The maximum absolute atomic E-state index is 11.9. The molecule has 0 radical (unpaired) electrons. The summed E-state index contributed by atoms with van der Waals surface area (Å²) in [5.41, 5.74) is 2.12. The Morgan fingerprint density at radius 1 is 1.47 bits per heavy atom. The Hall–Kier alpha value is -0.580. The van der Waals surface area contributed by atoms with Crippen LogP contribution in [0.2, 0.25) is 5.02 Å². The van der Waals surface area contributed by atoms with Gasteiger partial charge in [0, 0.05) is 18.1 Å². The van der Waals surface area contributed by atoms with E-state index in [1.54, 1.807) is 0 Å². The summed E-state index contributed by atoms with van der Waals surface area (Å²) in [5.74, 6) is 0.233. The number of rotatable bonds is 2. The van der Waals surface area contributed by atoms with Crippen molar-refractivity contribution in [2.45, 2.75) is 18.6 Å². The lowest BCUT2D eigenvalue weighted by Crippen LogP contribution is -2.45. The largest absolute Gasteiger partial charge is 0.314 e. The first kappa shape index (κ1) is 12.9. The number of nitrogens with one attached hydrogen (secondary N) is 1. The van der Waals surface area contributed by atoms with Gasteiger partial charge in [-0.2, -0.15) is 0 Å². The Morgan fingerprint density at radius 2 is 2.24 bits per heavy atom. The molecule has 1 aliphatic heterocycles. The molecule has 1 N–H and O–H groups in total. The van der Waals surface area contributed by atoms with Crippen molar-refractivity contribution in [3.05, 3.63) is 34.3 Å². The Bertz CT molecular complexity index is 513. The summed E-state index contributed by atoms with van der Waals surface area (Å²) in [6.07, 6.45) is 0.543. The minimum atomic E-state index is -2.96. The molecule has 5 heteroatoms. The van der Waals surface area contributed by atoms with Crippen molar-refractivity contribution >= 4 is 21.4 Å². The lowest BCUT2D eigenvalue weighted by molar-refractivity contribution is 0.543. The van der Waals surface area contributed by atoms with Crippen LogP contribution in [-0.2, 0) is 16.3 Å². The third-order valence-electron chi connectivity index (χ3n) is 3.20. The van der Waals surface area contributed by atoms with E-state index in [-0.39, 0.29) is 11.0 Å². The zero-order chi connectivity index (χ0) is 12.5. The fourth-order valence-corrected chi connectivity index (χ4v) is 3.84. The van der Waals surface area contributed by atoms with Crippen LogP contribution in [0.3, 0.4) is 0 Å². The van der Waals surface area contributed by atoms with Crippen LogP contribution < -0.4 is 5.32 Å². The smallest absolute Gasteiger partial charge is 0.155 e. The lowest BCUT2D eigenvalue weighted by Gasteiger charge is -2.23. The van der Waals surface area contributed by atoms with Crippen molar-refractivity contribution in [1.29, 1.82) is 0 Å². The monoisotopic (exact) mass is 273 g/mol. The summed E-state index contributed by atoms with van der Waals surface area (Å²) in [6.45, 7) is 3.08. The molecule has 17 heavy (non-hydrogen) atoms. The zero-order valence-electron chi connectivity index (χ0n) is 9.74. The first-order valence-electron chi connectivity index (χ1n) is 5.66. The van der Waals surface area contributed by atoms with E-state index in [9.17, 15) is 8.42 Å². The molecule has 1 saturated heterocycles. The molecule has 1 aromatic carbocycles. The molecule has 0 spiro atoms. The molecule has 0 amide bonds. The van der Waals surface area contributed by atoms with E-state index < -0.39 is 9.84 Å². The van der Waals surface area contributed by atoms with Gasteiger partial charge in [0.15, 0.2) is 9.84 Å². The average Bonchev–Trinajstić information content (AvgIpc) is 2.26. The van der Waals surface area contributed by atoms with Crippen LogP contribution in [0.1, 0.15) is 11.1 Å². The lowest BCUT2D eigenvalue weighted by atomic mass is 10.0. The van der Waals surface area contributed by atoms with Crippen LogP contribution >= 0.6 is 11.6 Å². The highest BCUT2D eigenvalue weighted by atomic mass is 35.5. The van der Waals surface area contributed by atoms with E-state index in [2.05, 4.69) is 5.32 Å². The normalized spacial score (nSPS) is 23.5. The Morgan fingerprint density at radius 3 is 2.94 bits per heavy atom. The van der Waals surface area contributed by atoms with Gasteiger partial charge >= 0.3 is 0 Å². The molecule has 94 valence electrons. The van der Waals surface area contributed by atoms with Gasteiger partial charge in [-0.1, -0.05) is 17.7 Å². The van der Waals surface area contributed by atoms with E-state index in [0.29, 0.717) is 24.5 Å². The first-order valence-corrected chi connectivity index (χ1v) is 7.76. The minimum absolute atomic E-state index is 0.233. The van der Waals surface area contributed by atoms with E-state index >= 15 is 0 Å². The summed E-state index contributed by atoms with van der Waals surface area (Å²) in [6, 6.07) is 5.62. The molecule has 0 bridgehead atoms. The topological polar surface area (TPSA) is 46.2 Å². The number of sulfone groups is 1. The van der Waals surface area contributed by atoms with Gasteiger partial charge in [0.1, 0.15) is 0 Å². The summed E-state index contributed by atoms with van der Waals surface area (Å²) in [7, 11) is -2.96. The number of benzene rings is 1. The van der Waals surface area contributed by atoms with Gasteiger partial charge in [-0.3, -0.25) is 0 Å². The second-order valence-corrected chi connectivity index (χ2v) is 7.31. The number of hydrogen-bond donors (Lipinski definition) is 1. The van der Waals surface area contributed by atoms with Crippen molar-refractivity contribution in [1.82, 2.24) is 5.32 Å². The molecule has 3 nitrogen and oxygen atoms in total. The van der Waals surface area contributed by atoms with Crippen LogP contribution in [0.5, 0.6) is 0 Å². The van der Waals surface area contributed by atoms with Gasteiger partial charge < -0.3 is 5.32 Å². The second kappa shape index (κ2) is 4.96. The predicted octanol–water partition coefficient (Wildman–Crippen LogP) is 1.58. The third-order valence-corrected chi connectivity index (χ3v) is 5.56. The number of aryl methyl sites for hydroxylation is 1. The predicted molar refractivity (Wildman–Crippen MR) is 70.3 cm³/mol. The molecule has 0 aromatic heterocycles. The van der Waals surface area contributed by atoms with Gasteiger partial charge in [0.25, 0.3) is 0 Å². The highest BCUT2D eigenvalue weighted by Crippen LogP contribution is 2.20. The third kappa shape index (κ3) is 3.00. The Kier molecular flexibility index (Phi) is 3.76. The molecule has 1 aromatic rings. The summed E-state index contributed by atoms with van der Waals surface area (Å²) in [5, 5.41) is 3.47. The van der Waals surface area contributed by atoms with E-state index in [4.69, 9.17) is 11.6 Å². The quantitative estimate of drug-likeness (QED) is 0.890. The molecule has 0 aliphatic carbocycles. The van der Waals surface area contributed by atoms with E-state index in [1.807, 2.05) is 25.1 Å². The van der Waals surface area contributed by atoms with Crippen LogP contribution in [0.4, 0.5) is 0 Å². The molecule has 1 atom stereocenters. The van der Waals surface area contributed by atoms with Crippen molar-refractivity contribution in [3.63, 3.8) is 0 Å². The van der Waals surface area contributed by atoms with Crippen molar-refractivity contribution in [2.75, 3.05) is 18.8 Å². The number of hydrogen-bond acceptors (Lipinski definition) is 3. The van der Waals surface area contributed by atoms with Gasteiger partial charge in [-0.25, -0.2) is 8.42 Å². The Balaban J connectivity index is 2.22. The van der Waals surface area contributed by atoms with Gasteiger partial charge in [-0.15, -0.1) is 0 Å².